The fraction of sp³-hybridized carbons (Fsp3) is 0.267. The van der Waals surface area contributed by atoms with Crippen molar-refractivity contribution in [3.8, 4) is 0 Å². The van der Waals surface area contributed by atoms with Crippen molar-refractivity contribution < 1.29 is 0 Å². The van der Waals surface area contributed by atoms with E-state index in [9.17, 15) is 0 Å². The first-order valence-electron chi connectivity index (χ1n) is 6.61. The van der Waals surface area contributed by atoms with Crippen LogP contribution in [-0.2, 0) is 13.5 Å². The van der Waals surface area contributed by atoms with Gasteiger partial charge in [-0.25, -0.2) is 0 Å². The summed E-state index contributed by atoms with van der Waals surface area (Å²) in [6.07, 6.45) is 0.834. The summed E-state index contributed by atoms with van der Waals surface area (Å²) in [5.74, 6) is 5.76. The maximum atomic E-state index is 5.76. The Labute approximate surface area is 122 Å². The van der Waals surface area contributed by atoms with Crippen LogP contribution in [0.25, 0.3) is 10.1 Å². The fourth-order valence-electron chi connectivity index (χ4n) is 2.48. The van der Waals surface area contributed by atoms with E-state index in [4.69, 9.17) is 5.84 Å². The lowest BCUT2D eigenvalue weighted by atomic mass is 10.1. The largest absolute Gasteiger partial charge is 0.272 e. The van der Waals surface area contributed by atoms with E-state index in [-0.39, 0.29) is 6.04 Å². The fourth-order valence-corrected chi connectivity index (χ4v) is 3.61. The molecule has 4 nitrogen and oxygen atoms in total. The number of nitrogens with zero attached hydrogens (tertiary/aromatic N) is 2. The van der Waals surface area contributed by atoms with Gasteiger partial charge in [-0.2, -0.15) is 5.10 Å². The van der Waals surface area contributed by atoms with Crippen LogP contribution in [0.15, 0.2) is 36.4 Å². The number of nitrogens with one attached hydrogen (secondary N) is 1. The van der Waals surface area contributed by atoms with Gasteiger partial charge in [0.05, 0.1) is 11.7 Å². The van der Waals surface area contributed by atoms with Gasteiger partial charge in [-0.15, -0.1) is 11.3 Å². The third-order valence-electron chi connectivity index (χ3n) is 3.50. The number of hydrogen-bond donors (Lipinski definition) is 2. The Bertz CT molecular complexity index is 695. The monoisotopic (exact) mass is 286 g/mol. The molecular weight excluding hydrogens is 268 g/mol. The summed E-state index contributed by atoms with van der Waals surface area (Å²) in [7, 11) is 1.97. The summed E-state index contributed by atoms with van der Waals surface area (Å²) in [5.41, 5.74) is 5.15. The van der Waals surface area contributed by atoms with E-state index in [0.29, 0.717) is 0 Å². The molecular formula is C15H18N4S. The van der Waals surface area contributed by atoms with Crippen LogP contribution in [0, 0.1) is 6.92 Å². The van der Waals surface area contributed by atoms with Crippen molar-refractivity contribution >= 4 is 21.4 Å². The Morgan fingerprint density at radius 2 is 2.15 bits per heavy atom. The van der Waals surface area contributed by atoms with E-state index >= 15 is 0 Å². The molecule has 1 aromatic carbocycles. The first-order chi connectivity index (χ1) is 9.67. The van der Waals surface area contributed by atoms with Gasteiger partial charge in [0.2, 0.25) is 0 Å². The Morgan fingerprint density at radius 1 is 1.35 bits per heavy atom. The minimum Gasteiger partial charge on any atom is -0.272 e. The topological polar surface area (TPSA) is 55.9 Å². The van der Waals surface area contributed by atoms with E-state index in [0.717, 1.165) is 12.1 Å². The molecule has 1 atom stereocenters. The smallest absolute Gasteiger partial charge is 0.0608 e. The summed E-state index contributed by atoms with van der Waals surface area (Å²) < 4.78 is 3.22. The molecule has 3 N–H and O–H groups in total. The Kier molecular flexibility index (Phi) is 3.56. The molecule has 0 radical (unpaired) electrons. The van der Waals surface area contributed by atoms with Crippen LogP contribution in [0.2, 0.25) is 0 Å². The van der Waals surface area contributed by atoms with Gasteiger partial charge < -0.3 is 0 Å². The SMILES string of the molecule is Cc1cc(CC(NN)c2cc3ccccc3s2)n(C)n1. The second-order valence-corrected chi connectivity index (χ2v) is 6.13. The maximum absolute atomic E-state index is 5.76. The number of aryl methyl sites for hydroxylation is 2. The lowest BCUT2D eigenvalue weighted by Crippen LogP contribution is -2.29. The summed E-state index contributed by atoms with van der Waals surface area (Å²) >= 11 is 1.79. The van der Waals surface area contributed by atoms with Crippen LogP contribution >= 0.6 is 11.3 Å². The van der Waals surface area contributed by atoms with Gasteiger partial charge in [0.15, 0.2) is 0 Å². The van der Waals surface area contributed by atoms with Crippen LogP contribution in [0.3, 0.4) is 0 Å². The number of hydrogen-bond acceptors (Lipinski definition) is 4. The minimum atomic E-state index is 0.113. The van der Waals surface area contributed by atoms with E-state index in [1.807, 2.05) is 18.7 Å². The lowest BCUT2D eigenvalue weighted by Gasteiger charge is -2.14. The molecule has 0 amide bonds. The van der Waals surface area contributed by atoms with Gasteiger partial charge in [-0.05, 0) is 30.5 Å². The standard InChI is InChI=1S/C15H18N4S/c1-10-7-12(19(2)18-10)9-13(17-16)15-8-11-5-3-4-6-14(11)20-15/h3-8,13,17H,9,16H2,1-2H3. The van der Waals surface area contributed by atoms with Crippen molar-refractivity contribution in [1.29, 1.82) is 0 Å². The third kappa shape index (κ3) is 2.47. The van der Waals surface area contributed by atoms with Crippen molar-refractivity contribution in [1.82, 2.24) is 15.2 Å². The Hall–Kier alpha value is -1.69. The molecule has 0 fully saturated rings. The molecule has 0 saturated carbocycles. The predicted octanol–water partition coefficient (Wildman–Crippen LogP) is 2.69. The van der Waals surface area contributed by atoms with Crippen molar-refractivity contribution in [2.24, 2.45) is 12.9 Å². The predicted molar refractivity (Wildman–Crippen MR) is 83.5 cm³/mol. The highest BCUT2D eigenvalue weighted by Crippen LogP contribution is 2.31. The number of fused-ring (bicyclic) bond motifs is 1. The molecule has 1 unspecified atom stereocenters. The number of hydrazine groups is 1. The molecule has 3 aromatic rings. The summed E-state index contributed by atoms with van der Waals surface area (Å²) in [6.45, 7) is 2.01. The van der Waals surface area contributed by atoms with E-state index in [1.165, 1.54) is 20.7 Å². The second-order valence-electron chi connectivity index (χ2n) is 5.01. The van der Waals surface area contributed by atoms with Crippen LogP contribution in [-0.4, -0.2) is 9.78 Å². The molecule has 0 aliphatic carbocycles. The van der Waals surface area contributed by atoms with E-state index < -0.39 is 0 Å². The highest BCUT2D eigenvalue weighted by atomic mass is 32.1. The number of thiophene rings is 1. The summed E-state index contributed by atoms with van der Waals surface area (Å²) in [5, 5.41) is 5.66. The molecule has 0 aliphatic rings. The van der Waals surface area contributed by atoms with Crippen molar-refractivity contribution in [3.63, 3.8) is 0 Å². The number of aromatic nitrogens is 2. The van der Waals surface area contributed by atoms with Crippen LogP contribution in [0.1, 0.15) is 22.3 Å². The zero-order valence-corrected chi connectivity index (χ0v) is 12.4. The number of nitrogens with two attached hydrogens (primary N) is 1. The van der Waals surface area contributed by atoms with Gasteiger partial charge in [-0.1, -0.05) is 18.2 Å². The zero-order chi connectivity index (χ0) is 14.1. The third-order valence-corrected chi connectivity index (χ3v) is 4.73. The minimum absolute atomic E-state index is 0.113. The average molecular weight is 286 g/mol. The highest BCUT2D eigenvalue weighted by Gasteiger charge is 2.16. The molecule has 0 saturated heterocycles. The average Bonchev–Trinajstić information content (AvgIpc) is 2.99. The lowest BCUT2D eigenvalue weighted by molar-refractivity contribution is 0.537. The summed E-state index contributed by atoms with van der Waals surface area (Å²) in [4.78, 5) is 1.26. The van der Waals surface area contributed by atoms with Crippen LogP contribution < -0.4 is 11.3 Å². The van der Waals surface area contributed by atoms with Gasteiger partial charge in [0.1, 0.15) is 0 Å². The summed E-state index contributed by atoms with van der Waals surface area (Å²) in [6, 6.07) is 12.8. The number of benzene rings is 1. The molecule has 3 rings (SSSR count). The normalized spacial score (nSPS) is 12.9. The molecule has 2 aromatic heterocycles. The first-order valence-corrected chi connectivity index (χ1v) is 7.43. The van der Waals surface area contributed by atoms with Gasteiger partial charge in [0.25, 0.3) is 0 Å². The first kappa shape index (κ1) is 13.3. The molecule has 104 valence electrons. The van der Waals surface area contributed by atoms with E-state index in [1.54, 1.807) is 11.3 Å². The van der Waals surface area contributed by atoms with Crippen LogP contribution in [0.4, 0.5) is 0 Å². The Balaban J connectivity index is 1.91. The zero-order valence-electron chi connectivity index (χ0n) is 11.6. The van der Waals surface area contributed by atoms with Crippen LogP contribution in [0.5, 0.6) is 0 Å². The molecule has 2 heterocycles. The Morgan fingerprint density at radius 3 is 2.80 bits per heavy atom. The van der Waals surface area contributed by atoms with Crippen molar-refractivity contribution in [2.45, 2.75) is 19.4 Å². The van der Waals surface area contributed by atoms with E-state index in [2.05, 4.69) is 46.9 Å². The van der Waals surface area contributed by atoms with Crippen molar-refractivity contribution in [2.75, 3.05) is 0 Å². The number of rotatable bonds is 4. The second kappa shape index (κ2) is 5.36. The molecule has 5 heteroatoms. The van der Waals surface area contributed by atoms with Gasteiger partial charge in [0, 0.05) is 28.7 Å². The quantitative estimate of drug-likeness (QED) is 0.573. The molecule has 0 spiro atoms. The molecule has 20 heavy (non-hydrogen) atoms. The van der Waals surface area contributed by atoms with Gasteiger partial charge >= 0.3 is 0 Å². The van der Waals surface area contributed by atoms with Gasteiger partial charge in [-0.3, -0.25) is 16.0 Å². The molecule has 0 aliphatic heterocycles. The maximum Gasteiger partial charge on any atom is 0.0608 e. The molecule has 0 bridgehead atoms. The van der Waals surface area contributed by atoms with Crippen molar-refractivity contribution in [3.05, 3.63) is 52.7 Å². The highest BCUT2D eigenvalue weighted by molar-refractivity contribution is 7.19.